The molecule has 1 atom stereocenters. The molecule has 5 heteroatoms. The molecule has 0 saturated carbocycles. The van der Waals surface area contributed by atoms with Crippen molar-refractivity contribution in [2.45, 2.75) is 25.9 Å². The van der Waals surface area contributed by atoms with Crippen LogP contribution in [0.2, 0.25) is 0 Å². The van der Waals surface area contributed by atoms with Gasteiger partial charge in [-0.2, -0.15) is 0 Å². The zero-order valence-electron chi connectivity index (χ0n) is 11.2. The summed E-state index contributed by atoms with van der Waals surface area (Å²) >= 11 is 6.98. The highest BCUT2D eigenvalue weighted by Crippen LogP contribution is 2.31. The standard InChI is InChI=1S/C15H17Br2NO2/c1-2-11(9-19)18-8-12-4-6-15(20-12)13-5-3-10(16)7-14(13)17/h3-7,11,18-19H,2,8-9H2,1H3/t11-/m0/s1. The van der Waals surface area contributed by atoms with E-state index in [0.29, 0.717) is 6.54 Å². The first-order valence-corrected chi connectivity index (χ1v) is 8.11. The minimum Gasteiger partial charge on any atom is -0.460 e. The Morgan fingerprint density at radius 2 is 2.05 bits per heavy atom. The van der Waals surface area contributed by atoms with Crippen LogP contribution < -0.4 is 5.32 Å². The average molecular weight is 403 g/mol. The topological polar surface area (TPSA) is 45.4 Å². The van der Waals surface area contributed by atoms with E-state index in [4.69, 9.17) is 9.52 Å². The van der Waals surface area contributed by atoms with Gasteiger partial charge in [0, 0.05) is 20.6 Å². The molecule has 0 amide bonds. The van der Waals surface area contributed by atoms with Gasteiger partial charge in [0.2, 0.25) is 0 Å². The highest BCUT2D eigenvalue weighted by molar-refractivity contribution is 9.11. The molecule has 0 unspecified atom stereocenters. The van der Waals surface area contributed by atoms with Crippen molar-refractivity contribution in [2.24, 2.45) is 0 Å². The maximum atomic E-state index is 9.15. The van der Waals surface area contributed by atoms with Crippen LogP contribution in [-0.4, -0.2) is 17.8 Å². The molecule has 1 aromatic carbocycles. The minimum atomic E-state index is 0.114. The lowest BCUT2D eigenvalue weighted by molar-refractivity contribution is 0.235. The van der Waals surface area contributed by atoms with Crippen molar-refractivity contribution in [3.8, 4) is 11.3 Å². The lowest BCUT2D eigenvalue weighted by atomic mass is 10.2. The average Bonchev–Trinajstić information content (AvgIpc) is 2.88. The van der Waals surface area contributed by atoms with Gasteiger partial charge in [-0.25, -0.2) is 0 Å². The third-order valence-electron chi connectivity index (χ3n) is 3.14. The summed E-state index contributed by atoms with van der Waals surface area (Å²) in [5.74, 6) is 1.69. The quantitative estimate of drug-likeness (QED) is 0.755. The van der Waals surface area contributed by atoms with E-state index in [0.717, 1.165) is 32.5 Å². The van der Waals surface area contributed by atoms with Crippen molar-refractivity contribution in [3.63, 3.8) is 0 Å². The van der Waals surface area contributed by atoms with Crippen LogP contribution in [0.15, 0.2) is 43.7 Å². The Kier molecular flexibility index (Phi) is 5.84. The highest BCUT2D eigenvalue weighted by atomic mass is 79.9. The van der Waals surface area contributed by atoms with Crippen molar-refractivity contribution in [1.29, 1.82) is 0 Å². The molecule has 0 aliphatic heterocycles. The number of hydrogen-bond acceptors (Lipinski definition) is 3. The highest BCUT2D eigenvalue weighted by Gasteiger charge is 2.10. The first-order valence-electron chi connectivity index (χ1n) is 6.52. The van der Waals surface area contributed by atoms with Gasteiger partial charge < -0.3 is 14.8 Å². The van der Waals surface area contributed by atoms with E-state index in [-0.39, 0.29) is 12.6 Å². The van der Waals surface area contributed by atoms with Gasteiger partial charge in [0.05, 0.1) is 13.2 Å². The Morgan fingerprint density at radius 1 is 1.25 bits per heavy atom. The summed E-state index contributed by atoms with van der Waals surface area (Å²) in [6.45, 7) is 2.80. The Balaban J connectivity index is 2.08. The number of halogens is 2. The van der Waals surface area contributed by atoms with Gasteiger partial charge in [-0.3, -0.25) is 0 Å². The largest absolute Gasteiger partial charge is 0.460 e. The fraction of sp³-hybridized carbons (Fsp3) is 0.333. The predicted molar refractivity (Wildman–Crippen MR) is 87.5 cm³/mol. The molecule has 20 heavy (non-hydrogen) atoms. The Hall–Kier alpha value is -0.620. The number of aliphatic hydroxyl groups is 1. The molecule has 2 aromatic rings. The first kappa shape index (κ1) is 15.8. The zero-order chi connectivity index (χ0) is 14.5. The Bertz CT molecular complexity index is 565. The first-order chi connectivity index (χ1) is 9.63. The van der Waals surface area contributed by atoms with Gasteiger partial charge in [0.25, 0.3) is 0 Å². The lowest BCUT2D eigenvalue weighted by Crippen LogP contribution is -2.30. The molecule has 108 valence electrons. The van der Waals surface area contributed by atoms with Crippen LogP contribution in [0.3, 0.4) is 0 Å². The lowest BCUT2D eigenvalue weighted by Gasteiger charge is -2.12. The number of benzene rings is 1. The predicted octanol–water partition coefficient (Wildman–Crippen LogP) is 4.33. The second-order valence-electron chi connectivity index (χ2n) is 4.56. The summed E-state index contributed by atoms with van der Waals surface area (Å²) in [6, 6.07) is 10.0. The summed E-state index contributed by atoms with van der Waals surface area (Å²) in [6.07, 6.45) is 0.891. The van der Waals surface area contributed by atoms with Gasteiger partial charge in [-0.1, -0.05) is 22.9 Å². The van der Waals surface area contributed by atoms with E-state index in [2.05, 4.69) is 37.2 Å². The van der Waals surface area contributed by atoms with Gasteiger partial charge in [-0.05, 0) is 52.7 Å². The van der Waals surface area contributed by atoms with Gasteiger partial charge in [0.15, 0.2) is 0 Å². The van der Waals surface area contributed by atoms with Gasteiger partial charge >= 0.3 is 0 Å². The Labute approximate surface area is 135 Å². The van der Waals surface area contributed by atoms with E-state index in [9.17, 15) is 0 Å². The zero-order valence-corrected chi connectivity index (χ0v) is 14.4. The van der Waals surface area contributed by atoms with Crippen LogP contribution in [0.1, 0.15) is 19.1 Å². The maximum Gasteiger partial charge on any atom is 0.135 e. The molecule has 0 fully saturated rings. The molecule has 3 nitrogen and oxygen atoms in total. The normalized spacial score (nSPS) is 12.6. The molecule has 2 rings (SSSR count). The monoisotopic (exact) mass is 401 g/mol. The summed E-state index contributed by atoms with van der Waals surface area (Å²) < 4.78 is 7.85. The third-order valence-corrected chi connectivity index (χ3v) is 4.29. The van der Waals surface area contributed by atoms with E-state index in [1.807, 2.05) is 37.3 Å². The van der Waals surface area contributed by atoms with Crippen LogP contribution >= 0.6 is 31.9 Å². The smallest absolute Gasteiger partial charge is 0.135 e. The van der Waals surface area contributed by atoms with E-state index < -0.39 is 0 Å². The summed E-state index contributed by atoms with van der Waals surface area (Å²) in [5.41, 5.74) is 1.02. The SMILES string of the molecule is CC[C@@H](CO)NCc1ccc(-c2ccc(Br)cc2Br)o1. The molecule has 1 heterocycles. The van der Waals surface area contributed by atoms with Crippen molar-refractivity contribution >= 4 is 31.9 Å². The molecular formula is C15H17Br2NO2. The summed E-state index contributed by atoms with van der Waals surface area (Å²) in [5, 5.41) is 12.4. The Morgan fingerprint density at radius 3 is 2.70 bits per heavy atom. The van der Waals surface area contributed by atoms with Crippen LogP contribution in [-0.2, 0) is 6.54 Å². The second-order valence-corrected chi connectivity index (χ2v) is 6.33. The number of nitrogens with one attached hydrogen (secondary N) is 1. The van der Waals surface area contributed by atoms with Crippen molar-refractivity contribution in [2.75, 3.05) is 6.61 Å². The number of aliphatic hydroxyl groups excluding tert-OH is 1. The minimum absolute atomic E-state index is 0.114. The molecular weight excluding hydrogens is 386 g/mol. The molecule has 0 radical (unpaired) electrons. The van der Waals surface area contributed by atoms with E-state index in [1.165, 1.54) is 0 Å². The number of furan rings is 1. The molecule has 0 spiro atoms. The number of hydrogen-bond donors (Lipinski definition) is 2. The van der Waals surface area contributed by atoms with E-state index in [1.54, 1.807) is 0 Å². The molecule has 2 N–H and O–H groups in total. The van der Waals surface area contributed by atoms with Crippen molar-refractivity contribution in [3.05, 3.63) is 45.0 Å². The number of rotatable bonds is 6. The van der Waals surface area contributed by atoms with Crippen LogP contribution in [0.4, 0.5) is 0 Å². The van der Waals surface area contributed by atoms with Crippen molar-refractivity contribution < 1.29 is 9.52 Å². The fourth-order valence-electron chi connectivity index (χ4n) is 1.89. The van der Waals surface area contributed by atoms with Gasteiger partial charge in [-0.15, -0.1) is 0 Å². The molecule has 0 bridgehead atoms. The van der Waals surface area contributed by atoms with Gasteiger partial charge in [0.1, 0.15) is 11.5 Å². The third kappa shape index (κ3) is 3.95. The molecule has 0 saturated heterocycles. The van der Waals surface area contributed by atoms with E-state index >= 15 is 0 Å². The van der Waals surface area contributed by atoms with Crippen LogP contribution in [0.25, 0.3) is 11.3 Å². The molecule has 0 aliphatic rings. The molecule has 1 aromatic heterocycles. The summed E-state index contributed by atoms with van der Waals surface area (Å²) in [4.78, 5) is 0. The second kappa shape index (κ2) is 7.41. The molecule has 0 aliphatic carbocycles. The van der Waals surface area contributed by atoms with Crippen LogP contribution in [0.5, 0.6) is 0 Å². The fourth-order valence-corrected chi connectivity index (χ4v) is 3.13. The summed E-state index contributed by atoms with van der Waals surface area (Å²) in [7, 11) is 0. The van der Waals surface area contributed by atoms with Crippen molar-refractivity contribution in [1.82, 2.24) is 5.32 Å². The maximum absolute atomic E-state index is 9.15. The van der Waals surface area contributed by atoms with Crippen LogP contribution in [0, 0.1) is 0 Å².